The molecule has 0 spiro atoms. The van der Waals surface area contributed by atoms with Crippen LogP contribution in [0.3, 0.4) is 0 Å². The normalized spacial score (nSPS) is 23.6. The second-order valence-corrected chi connectivity index (χ2v) is 4.42. The number of nitrogens with zero attached hydrogens (tertiary/aromatic N) is 1. The van der Waals surface area contributed by atoms with Crippen LogP contribution < -0.4 is 0 Å². The van der Waals surface area contributed by atoms with Gasteiger partial charge in [-0.25, -0.2) is 0 Å². The van der Waals surface area contributed by atoms with Gasteiger partial charge in [0.15, 0.2) is 0 Å². The van der Waals surface area contributed by atoms with Crippen molar-refractivity contribution in [3.8, 4) is 0 Å². The maximum Gasteiger partial charge on any atom is 0.0639 e. The molecule has 2 heteroatoms. The Morgan fingerprint density at radius 3 is 2.75 bits per heavy atom. The lowest BCUT2D eigenvalue weighted by atomic mass is 9.88. The van der Waals surface area contributed by atoms with E-state index in [1.807, 2.05) is 18.2 Å². The van der Waals surface area contributed by atoms with Gasteiger partial charge >= 0.3 is 0 Å². The fraction of sp³-hybridized carbons (Fsp3) is 0.500. The molecule has 0 aromatic heterocycles. The molecule has 16 heavy (non-hydrogen) atoms. The first-order valence-corrected chi connectivity index (χ1v) is 6.08. The molecule has 1 N–H and O–H groups in total. The largest absolute Gasteiger partial charge is 0.396 e. The van der Waals surface area contributed by atoms with E-state index in [9.17, 15) is 5.11 Å². The highest BCUT2D eigenvalue weighted by Crippen LogP contribution is 2.21. The predicted molar refractivity (Wildman–Crippen MR) is 66.6 cm³/mol. The third kappa shape index (κ3) is 2.92. The molecule has 0 aliphatic heterocycles. The summed E-state index contributed by atoms with van der Waals surface area (Å²) >= 11 is 0. The Hall–Kier alpha value is -1.15. The molecule has 1 aromatic rings. The van der Waals surface area contributed by atoms with Crippen LogP contribution in [0.5, 0.6) is 0 Å². The first kappa shape index (κ1) is 11.3. The second kappa shape index (κ2) is 5.80. The van der Waals surface area contributed by atoms with Crippen LogP contribution in [-0.2, 0) is 6.54 Å². The third-order valence-electron chi connectivity index (χ3n) is 3.23. The molecule has 2 rings (SSSR count). The third-order valence-corrected chi connectivity index (χ3v) is 3.23. The lowest BCUT2D eigenvalue weighted by molar-refractivity contribution is 0.246. The van der Waals surface area contributed by atoms with Crippen molar-refractivity contribution < 1.29 is 5.11 Å². The van der Waals surface area contributed by atoms with Gasteiger partial charge in [0.05, 0.1) is 13.2 Å². The van der Waals surface area contributed by atoms with Gasteiger partial charge in [0.1, 0.15) is 0 Å². The van der Waals surface area contributed by atoms with Crippen molar-refractivity contribution >= 4 is 5.71 Å². The fourth-order valence-electron chi connectivity index (χ4n) is 2.25. The summed E-state index contributed by atoms with van der Waals surface area (Å²) in [7, 11) is 0. The molecule has 1 saturated carbocycles. The molecule has 0 radical (unpaired) electrons. The van der Waals surface area contributed by atoms with Crippen LogP contribution in [0.2, 0.25) is 0 Å². The van der Waals surface area contributed by atoms with Crippen molar-refractivity contribution in [1.29, 1.82) is 0 Å². The lowest BCUT2D eigenvalue weighted by Crippen LogP contribution is -2.22. The molecular formula is C14H19NO. The highest BCUT2D eigenvalue weighted by atomic mass is 16.3. The molecule has 0 amide bonds. The highest BCUT2D eigenvalue weighted by molar-refractivity contribution is 5.87. The highest BCUT2D eigenvalue weighted by Gasteiger charge is 2.18. The number of rotatable bonds is 3. The molecule has 1 aromatic carbocycles. The average molecular weight is 217 g/mol. The number of hydrogen-bond acceptors (Lipinski definition) is 2. The maximum atomic E-state index is 9.28. The molecule has 0 saturated heterocycles. The Kier molecular flexibility index (Phi) is 4.11. The number of hydrogen-bond donors (Lipinski definition) is 1. The maximum absolute atomic E-state index is 9.28. The van der Waals surface area contributed by atoms with E-state index in [-0.39, 0.29) is 6.61 Å². The summed E-state index contributed by atoms with van der Waals surface area (Å²) in [6, 6.07) is 10.3. The van der Waals surface area contributed by atoms with E-state index in [2.05, 4.69) is 17.1 Å². The van der Waals surface area contributed by atoms with Crippen LogP contribution in [0.15, 0.2) is 35.3 Å². The van der Waals surface area contributed by atoms with Crippen molar-refractivity contribution in [3.63, 3.8) is 0 Å². The van der Waals surface area contributed by atoms with Crippen molar-refractivity contribution in [2.75, 3.05) is 6.61 Å². The summed E-state index contributed by atoms with van der Waals surface area (Å²) in [4.78, 5) is 4.66. The number of aliphatic hydroxyl groups excluding tert-OH is 1. The van der Waals surface area contributed by atoms with Crippen LogP contribution in [0.25, 0.3) is 0 Å². The molecule has 1 aliphatic carbocycles. The van der Waals surface area contributed by atoms with Gasteiger partial charge in [0, 0.05) is 11.6 Å². The minimum Gasteiger partial charge on any atom is -0.396 e. The molecule has 1 aliphatic rings. The minimum absolute atomic E-state index is 0.258. The van der Waals surface area contributed by atoms with Gasteiger partial charge in [-0.15, -0.1) is 0 Å². The lowest BCUT2D eigenvalue weighted by Gasteiger charge is -2.22. The summed E-state index contributed by atoms with van der Waals surface area (Å²) in [5.74, 6) is 0.317. The number of aliphatic hydroxyl groups is 1. The van der Waals surface area contributed by atoms with Crippen LogP contribution in [-0.4, -0.2) is 17.4 Å². The van der Waals surface area contributed by atoms with Gasteiger partial charge < -0.3 is 5.11 Å². The zero-order chi connectivity index (χ0) is 11.2. The molecule has 0 unspecified atom stereocenters. The predicted octanol–water partition coefficient (Wildman–Crippen LogP) is 2.81. The molecule has 1 atom stereocenters. The van der Waals surface area contributed by atoms with Crippen LogP contribution >= 0.6 is 0 Å². The van der Waals surface area contributed by atoms with Gasteiger partial charge in [-0.2, -0.15) is 0 Å². The molecular weight excluding hydrogens is 198 g/mol. The van der Waals surface area contributed by atoms with Gasteiger partial charge in [-0.05, 0) is 24.8 Å². The van der Waals surface area contributed by atoms with E-state index >= 15 is 0 Å². The van der Waals surface area contributed by atoms with E-state index < -0.39 is 0 Å². The first-order chi connectivity index (χ1) is 7.90. The minimum atomic E-state index is 0.258. The topological polar surface area (TPSA) is 32.6 Å². The smallest absolute Gasteiger partial charge is 0.0639 e. The zero-order valence-corrected chi connectivity index (χ0v) is 9.60. The van der Waals surface area contributed by atoms with Crippen molar-refractivity contribution in [2.24, 2.45) is 10.9 Å². The van der Waals surface area contributed by atoms with Crippen LogP contribution in [0.1, 0.15) is 31.2 Å². The van der Waals surface area contributed by atoms with Crippen molar-refractivity contribution in [1.82, 2.24) is 0 Å². The first-order valence-electron chi connectivity index (χ1n) is 6.08. The van der Waals surface area contributed by atoms with E-state index in [0.29, 0.717) is 5.92 Å². The summed E-state index contributed by atoms with van der Waals surface area (Å²) in [6.45, 7) is 1.01. The molecule has 1 fully saturated rings. The Balaban J connectivity index is 2.00. The van der Waals surface area contributed by atoms with Gasteiger partial charge in [0.2, 0.25) is 0 Å². The summed E-state index contributed by atoms with van der Waals surface area (Å²) in [5, 5.41) is 9.28. The van der Waals surface area contributed by atoms with E-state index in [0.717, 1.165) is 19.4 Å². The fourth-order valence-corrected chi connectivity index (χ4v) is 2.25. The summed E-state index contributed by atoms with van der Waals surface area (Å²) < 4.78 is 0. The van der Waals surface area contributed by atoms with Gasteiger partial charge in [-0.3, -0.25) is 4.99 Å². The van der Waals surface area contributed by atoms with Gasteiger partial charge in [0.25, 0.3) is 0 Å². The molecule has 0 heterocycles. The Bertz CT molecular complexity index is 345. The van der Waals surface area contributed by atoms with E-state index in [4.69, 9.17) is 0 Å². The second-order valence-electron chi connectivity index (χ2n) is 4.42. The Morgan fingerprint density at radius 2 is 2.00 bits per heavy atom. The number of benzene rings is 1. The Labute approximate surface area is 97.0 Å². The van der Waals surface area contributed by atoms with Crippen molar-refractivity contribution in [3.05, 3.63) is 35.9 Å². The average Bonchev–Trinajstić information content (AvgIpc) is 2.38. The SMILES string of the molecule is OC[C@H]1CCCCC1=NCc1ccccc1. The van der Waals surface area contributed by atoms with Crippen molar-refractivity contribution in [2.45, 2.75) is 32.2 Å². The summed E-state index contributed by atoms with van der Waals surface area (Å²) in [6.07, 6.45) is 4.63. The molecule has 86 valence electrons. The monoisotopic (exact) mass is 217 g/mol. The van der Waals surface area contributed by atoms with E-state index in [1.165, 1.54) is 24.1 Å². The molecule has 0 bridgehead atoms. The summed E-state index contributed by atoms with van der Waals surface area (Å²) in [5.41, 5.74) is 2.47. The van der Waals surface area contributed by atoms with Crippen LogP contribution in [0, 0.1) is 5.92 Å². The van der Waals surface area contributed by atoms with E-state index in [1.54, 1.807) is 0 Å². The van der Waals surface area contributed by atoms with Crippen LogP contribution in [0.4, 0.5) is 0 Å². The standard InChI is InChI=1S/C14H19NO/c16-11-13-8-4-5-9-14(13)15-10-12-6-2-1-3-7-12/h1-3,6-7,13,16H,4-5,8-11H2/t13-/m1/s1. The Morgan fingerprint density at radius 1 is 1.19 bits per heavy atom. The zero-order valence-electron chi connectivity index (χ0n) is 9.60. The van der Waals surface area contributed by atoms with Gasteiger partial charge in [-0.1, -0.05) is 36.8 Å². The number of aliphatic imine (C=N–C) groups is 1. The quantitative estimate of drug-likeness (QED) is 0.829. The molecule has 2 nitrogen and oxygen atoms in total.